The number of carbonyl (C=O) groups excluding carboxylic acids is 1. The first-order valence-electron chi connectivity index (χ1n) is 10.1. The maximum absolute atomic E-state index is 13.2. The average Bonchev–Trinajstić information content (AvgIpc) is 3.07. The lowest BCUT2D eigenvalue weighted by atomic mass is 10.0. The Labute approximate surface area is 177 Å². The second kappa shape index (κ2) is 7.43. The Morgan fingerprint density at radius 2 is 1.63 bits per heavy atom. The SMILES string of the molecule is Cc1cc(C)cc(N([C@@H](C)C(=O)Nc2ccc3c4c(cccc24)CC3)S(C)(=O)=O)c1. The summed E-state index contributed by atoms with van der Waals surface area (Å²) >= 11 is 0. The number of rotatable bonds is 5. The Balaban J connectivity index is 1.70. The standard InChI is InChI=1S/C24H26N2O3S/c1-15-12-16(2)14-20(13-15)26(30(4,28)29)17(3)24(27)25-22-11-10-19-9-8-18-6-5-7-21(22)23(18)19/h5-7,10-14,17H,8-9H2,1-4H3,(H,25,27)/t17-/m0/s1. The lowest BCUT2D eigenvalue weighted by Gasteiger charge is -2.29. The molecule has 1 amide bonds. The summed E-state index contributed by atoms with van der Waals surface area (Å²) in [6.07, 6.45) is 3.15. The minimum absolute atomic E-state index is 0.363. The first-order chi connectivity index (χ1) is 14.1. The number of hydrogen-bond donors (Lipinski definition) is 1. The van der Waals surface area contributed by atoms with Crippen LogP contribution in [0.15, 0.2) is 48.5 Å². The van der Waals surface area contributed by atoms with Gasteiger partial charge in [-0.25, -0.2) is 8.42 Å². The molecule has 1 aliphatic carbocycles. The van der Waals surface area contributed by atoms with Crippen molar-refractivity contribution in [3.05, 3.63) is 70.8 Å². The van der Waals surface area contributed by atoms with Crippen LogP contribution in [-0.2, 0) is 27.7 Å². The summed E-state index contributed by atoms with van der Waals surface area (Å²) in [5.41, 5.74) is 5.68. The van der Waals surface area contributed by atoms with E-state index in [4.69, 9.17) is 0 Å². The summed E-state index contributed by atoms with van der Waals surface area (Å²) in [4.78, 5) is 13.2. The number of nitrogens with zero attached hydrogens (tertiary/aromatic N) is 1. The highest BCUT2D eigenvalue weighted by atomic mass is 32.2. The molecule has 3 aromatic carbocycles. The van der Waals surface area contributed by atoms with Crippen molar-refractivity contribution in [2.75, 3.05) is 15.9 Å². The zero-order valence-corrected chi connectivity index (χ0v) is 18.5. The molecular formula is C24H26N2O3S. The summed E-state index contributed by atoms with van der Waals surface area (Å²) in [6, 6.07) is 14.8. The van der Waals surface area contributed by atoms with Crippen LogP contribution in [0.3, 0.4) is 0 Å². The van der Waals surface area contributed by atoms with Crippen molar-refractivity contribution >= 4 is 38.1 Å². The molecule has 156 valence electrons. The van der Waals surface area contributed by atoms with Gasteiger partial charge in [-0.15, -0.1) is 0 Å². The molecular weight excluding hydrogens is 396 g/mol. The summed E-state index contributed by atoms with van der Waals surface area (Å²) in [7, 11) is -3.66. The van der Waals surface area contributed by atoms with E-state index in [1.807, 2.05) is 38.1 Å². The van der Waals surface area contributed by atoms with Gasteiger partial charge in [0.25, 0.3) is 0 Å². The highest BCUT2D eigenvalue weighted by Gasteiger charge is 2.30. The summed E-state index contributed by atoms with van der Waals surface area (Å²) < 4.78 is 26.4. The molecule has 0 spiro atoms. The van der Waals surface area contributed by atoms with Gasteiger partial charge in [-0.05, 0) is 79.5 Å². The second-order valence-electron chi connectivity index (χ2n) is 8.18. The fraction of sp³-hybridized carbons (Fsp3) is 0.292. The predicted octanol–water partition coefficient (Wildman–Crippen LogP) is 4.35. The van der Waals surface area contributed by atoms with E-state index in [1.165, 1.54) is 20.8 Å². The van der Waals surface area contributed by atoms with E-state index >= 15 is 0 Å². The number of benzene rings is 3. The van der Waals surface area contributed by atoms with Crippen LogP contribution in [0, 0.1) is 13.8 Å². The van der Waals surface area contributed by atoms with Gasteiger partial charge in [0, 0.05) is 11.1 Å². The molecule has 0 bridgehead atoms. The van der Waals surface area contributed by atoms with Crippen LogP contribution in [0.25, 0.3) is 10.8 Å². The van der Waals surface area contributed by atoms with Crippen molar-refractivity contribution in [2.45, 2.75) is 39.7 Å². The topological polar surface area (TPSA) is 66.5 Å². The van der Waals surface area contributed by atoms with Crippen LogP contribution in [0.2, 0.25) is 0 Å². The predicted molar refractivity (Wildman–Crippen MR) is 123 cm³/mol. The van der Waals surface area contributed by atoms with Gasteiger partial charge in [0.2, 0.25) is 15.9 Å². The summed E-state index contributed by atoms with van der Waals surface area (Å²) in [5.74, 6) is -0.363. The molecule has 30 heavy (non-hydrogen) atoms. The molecule has 0 unspecified atom stereocenters. The van der Waals surface area contributed by atoms with Crippen LogP contribution in [0.5, 0.6) is 0 Å². The van der Waals surface area contributed by atoms with Gasteiger partial charge in [0.15, 0.2) is 0 Å². The summed E-state index contributed by atoms with van der Waals surface area (Å²) in [6.45, 7) is 5.44. The van der Waals surface area contributed by atoms with Crippen molar-refractivity contribution in [3.8, 4) is 0 Å². The van der Waals surface area contributed by atoms with E-state index in [9.17, 15) is 13.2 Å². The molecule has 1 aliphatic rings. The van der Waals surface area contributed by atoms with Crippen molar-refractivity contribution in [2.24, 2.45) is 0 Å². The van der Waals surface area contributed by atoms with Crippen molar-refractivity contribution in [3.63, 3.8) is 0 Å². The number of sulfonamides is 1. The molecule has 0 aromatic heterocycles. The van der Waals surface area contributed by atoms with Gasteiger partial charge >= 0.3 is 0 Å². The van der Waals surface area contributed by atoms with Crippen LogP contribution in [0.1, 0.15) is 29.2 Å². The van der Waals surface area contributed by atoms with Crippen LogP contribution in [0.4, 0.5) is 11.4 Å². The van der Waals surface area contributed by atoms with Crippen molar-refractivity contribution in [1.82, 2.24) is 0 Å². The molecule has 4 rings (SSSR count). The third-order valence-electron chi connectivity index (χ3n) is 5.68. The zero-order chi connectivity index (χ0) is 21.6. The van der Waals surface area contributed by atoms with E-state index in [0.717, 1.165) is 35.6 Å². The molecule has 3 aromatic rings. The second-order valence-corrected chi connectivity index (χ2v) is 10.0. The van der Waals surface area contributed by atoms with Crippen molar-refractivity contribution < 1.29 is 13.2 Å². The maximum Gasteiger partial charge on any atom is 0.248 e. The Hall–Kier alpha value is -2.86. The number of hydrogen-bond acceptors (Lipinski definition) is 3. The third-order valence-corrected chi connectivity index (χ3v) is 6.93. The third kappa shape index (κ3) is 3.67. The molecule has 0 saturated heterocycles. The van der Waals surface area contributed by atoms with E-state index in [2.05, 4.69) is 17.4 Å². The van der Waals surface area contributed by atoms with Gasteiger partial charge in [0.1, 0.15) is 6.04 Å². The molecule has 0 radical (unpaired) electrons. The van der Waals surface area contributed by atoms with Crippen LogP contribution >= 0.6 is 0 Å². The van der Waals surface area contributed by atoms with Gasteiger partial charge in [0.05, 0.1) is 11.9 Å². The van der Waals surface area contributed by atoms with E-state index in [1.54, 1.807) is 19.1 Å². The van der Waals surface area contributed by atoms with Gasteiger partial charge in [-0.1, -0.05) is 30.3 Å². The normalized spacial score (nSPS) is 14.0. The fourth-order valence-corrected chi connectivity index (χ4v) is 5.64. The highest BCUT2D eigenvalue weighted by molar-refractivity contribution is 7.92. The molecule has 1 N–H and O–H groups in total. The van der Waals surface area contributed by atoms with E-state index in [0.29, 0.717) is 11.4 Å². The lowest BCUT2D eigenvalue weighted by Crippen LogP contribution is -2.45. The zero-order valence-electron chi connectivity index (χ0n) is 17.7. The van der Waals surface area contributed by atoms with Gasteiger partial charge in [-0.3, -0.25) is 9.10 Å². The fourth-order valence-electron chi connectivity index (χ4n) is 4.48. The quantitative estimate of drug-likeness (QED) is 0.665. The molecule has 6 heteroatoms. The molecule has 0 fully saturated rings. The Kier molecular flexibility index (Phi) is 5.06. The number of carbonyl (C=O) groups is 1. The number of amides is 1. The van der Waals surface area contributed by atoms with Crippen molar-refractivity contribution in [1.29, 1.82) is 0 Å². The Bertz CT molecular complexity index is 1230. The van der Waals surface area contributed by atoms with Gasteiger partial charge < -0.3 is 5.32 Å². The summed E-state index contributed by atoms with van der Waals surface area (Å²) in [5, 5.41) is 5.18. The molecule has 1 atom stereocenters. The molecule has 0 aliphatic heterocycles. The first-order valence-corrected chi connectivity index (χ1v) is 11.9. The Morgan fingerprint density at radius 1 is 1.00 bits per heavy atom. The average molecular weight is 423 g/mol. The van der Waals surface area contributed by atoms with Gasteiger partial charge in [-0.2, -0.15) is 0 Å². The monoisotopic (exact) mass is 422 g/mol. The number of anilines is 2. The first kappa shape index (κ1) is 20.4. The smallest absolute Gasteiger partial charge is 0.248 e. The lowest BCUT2D eigenvalue weighted by molar-refractivity contribution is -0.116. The molecule has 0 saturated carbocycles. The largest absolute Gasteiger partial charge is 0.324 e. The van der Waals surface area contributed by atoms with E-state index < -0.39 is 16.1 Å². The number of nitrogens with one attached hydrogen (secondary N) is 1. The minimum Gasteiger partial charge on any atom is -0.324 e. The number of aryl methyl sites for hydroxylation is 4. The van der Waals surface area contributed by atoms with E-state index in [-0.39, 0.29) is 5.91 Å². The van der Waals surface area contributed by atoms with Crippen LogP contribution in [-0.4, -0.2) is 26.6 Å². The highest BCUT2D eigenvalue weighted by Crippen LogP contribution is 2.35. The molecule has 0 heterocycles. The minimum atomic E-state index is -3.66. The molecule has 5 nitrogen and oxygen atoms in total. The van der Waals surface area contributed by atoms with Crippen LogP contribution < -0.4 is 9.62 Å². The maximum atomic E-state index is 13.2. The Morgan fingerprint density at radius 3 is 2.27 bits per heavy atom.